The Morgan fingerprint density at radius 2 is 1.62 bits per heavy atom. The smallest absolute Gasteiger partial charge is 0.298 e. The van der Waals surface area contributed by atoms with Crippen molar-refractivity contribution < 1.29 is 22.0 Å². The predicted molar refractivity (Wildman–Crippen MR) is 94.6 cm³/mol. The number of hydrogen-bond donors (Lipinski definition) is 0. The number of fused-ring (bicyclic) bond motifs is 1. The second-order valence-corrected chi connectivity index (χ2v) is 5.39. The molecule has 1 heterocycles. The Kier molecular flexibility index (Phi) is 7.79. The zero-order chi connectivity index (χ0) is 17.6. The molecule has 2 aliphatic carbocycles. The Balaban J connectivity index is 0.000000351. The summed E-state index contributed by atoms with van der Waals surface area (Å²) in [6.45, 7) is 0.436. The summed E-state index contributed by atoms with van der Waals surface area (Å²) in [5.74, 6) is 1.01. The van der Waals surface area contributed by atoms with Gasteiger partial charge in [0.05, 0.1) is 22.2 Å². The number of nitrogens with zero attached hydrogens (tertiary/aromatic N) is 3. The fourth-order valence-electron chi connectivity index (χ4n) is 2.41. The van der Waals surface area contributed by atoms with E-state index in [2.05, 4.69) is 4.98 Å². The van der Waals surface area contributed by atoms with Gasteiger partial charge in [-0.05, 0) is 63.9 Å². The largest absolute Gasteiger partial charge is 2.00 e. The number of nitro benzene ring substituents is 1. The Morgan fingerprint density at radius 3 is 2.19 bits per heavy atom. The average Bonchev–Trinajstić information content (AvgIpc) is 3.33. The van der Waals surface area contributed by atoms with Crippen molar-refractivity contribution in [3.63, 3.8) is 0 Å². The quantitative estimate of drug-likeness (QED) is 0.460. The molecule has 2 aliphatic rings. The van der Waals surface area contributed by atoms with Gasteiger partial charge in [0.25, 0.3) is 11.2 Å². The molecule has 130 valence electrons. The summed E-state index contributed by atoms with van der Waals surface area (Å²) in [7, 11) is 0. The predicted octanol–water partition coefficient (Wildman–Crippen LogP) is 2.73. The van der Waals surface area contributed by atoms with Gasteiger partial charge < -0.3 is 0 Å². The van der Waals surface area contributed by atoms with Crippen LogP contribution in [0.15, 0.2) is 29.3 Å². The normalized spacial score (nSPS) is 16.8. The van der Waals surface area contributed by atoms with Gasteiger partial charge in [0.2, 0.25) is 0 Å². The molecule has 0 bridgehead atoms. The first kappa shape index (κ1) is 20.6. The van der Waals surface area contributed by atoms with E-state index in [1.807, 2.05) is 57.8 Å². The molecule has 7 heteroatoms. The maximum atomic E-state index is 12.3. The molecule has 0 spiro atoms. The molecule has 1 aromatic carbocycles. The summed E-state index contributed by atoms with van der Waals surface area (Å²) in [6.07, 6.45) is 19.1. The fourth-order valence-corrected chi connectivity index (χ4v) is 2.41. The van der Waals surface area contributed by atoms with Crippen LogP contribution in [0.2, 0.25) is 0 Å². The van der Waals surface area contributed by atoms with Gasteiger partial charge in [-0.15, -0.1) is 0 Å². The molecular formula is C19H15FeN3O3+2. The van der Waals surface area contributed by atoms with E-state index in [4.69, 9.17) is 0 Å². The van der Waals surface area contributed by atoms with Crippen LogP contribution < -0.4 is 5.56 Å². The van der Waals surface area contributed by atoms with Gasteiger partial charge in [0.1, 0.15) is 0 Å². The molecule has 4 rings (SSSR count). The molecule has 0 saturated heterocycles. The minimum Gasteiger partial charge on any atom is -0.298 e. The van der Waals surface area contributed by atoms with E-state index in [0.29, 0.717) is 17.4 Å². The van der Waals surface area contributed by atoms with Gasteiger partial charge in [0, 0.05) is 24.6 Å². The summed E-state index contributed by atoms with van der Waals surface area (Å²) in [4.78, 5) is 26.6. The first-order valence-electron chi connectivity index (χ1n) is 7.66. The van der Waals surface area contributed by atoms with Gasteiger partial charge in [-0.25, -0.2) is 4.98 Å². The summed E-state index contributed by atoms with van der Waals surface area (Å²) in [5.41, 5.74) is 0.0623. The molecular weight excluding hydrogens is 374 g/mol. The van der Waals surface area contributed by atoms with Crippen LogP contribution in [0.1, 0.15) is 0 Å². The standard InChI is InChI=1S/C14H10N3O3.C5H5.Fe/c18-14-12-6-5-11(17(19)20)7-13(12)15-9-16(14)8-10-3-1-2-4-10;1-2-4-5-3-1;/h1-7,9H,8H2;1-5H;/q;;+2. The van der Waals surface area contributed by atoms with Gasteiger partial charge in [-0.3, -0.25) is 19.5 Å². The summed E-state index contributed by atoms with van der Waals surface area (Å²) >= 11 is 0. The third-order valence-electron chi connectivity index (χ3n) is 3.66. The minimum atomic E-state index is -0.503. The van der Waals surface area contributed by atoms with Crippen LogP contribution in [0.4, 0.5) is 5.69 Å². The molecule has 2 saturated carbocycles. The number of hydrogen-bond acceptors (Lipinski definition) is 4. The van der Waals surface area contributed by atoms with Gasteiger partial charge in [0.15, 0.2) is 0 Å². The fraction of sp³-hybridized carbons (Fsp3) is 0.0526. The van der Waals surface area contributed by atoms with Crippen LogP contribution in [0.25, 0.3) is 10.9 Å². The Labute approximate surface area is 163 Å². The van der Waals surface area contributed by atoms with Gasteiger partial charge in [-0.1, -0.05) is 0 Å². The van der Waals surface area contributed by atoms with Gasteiger partial charge >= 0.3 is 17.1 Å². The van der Waals surface area contributed by atoms with Crippen molar-refractivity contribution in [2.45, 2.75) is 6.54 Å². The number of non-ortho nitro benzene ring substituents is 1. The number of rotatable bonds is 3. The zero-order valence-corrected chi connectivity index (χ0v) is 14.7. The van der Waals surface area contributed by atoms with Crippen molar-refractivity contribution in [1.82, 2.24) is 9.55 Å². The summed E-state index contributed by atoms with van der Waals surface area (Å²) in [5, 5.41) is 11.1. The number of benzene rings is 1. The van der Waals surface area contributed by atoms with Crippen molar-refractivity contribution >= 4 is 16.6 Å². The van der Waals surface area contributed by atoms with E-state index in [0.717, 1.165) is 5.92 Å². The number of nitro groups is 1. The van der Waals surface area contributed by atoms with E-state index >= 15 is 0 Å². The molecule has 2 fully saturated rings. The molecule has 10 radical (unpaired) electrons. The maximum Gasteiger partial charge on any atom is 2.00 e. The first-order valence-corrected chi connectivity index (χ1v) is 7.66. The monoisotopic (exact) mass is 389 g/mol. The van der Waals surface area contributed by atoms with Crippen LogP contribution in [0, 0.1) is 73.8 Å². The maximum absolute atomic E-state index is 12.3. The van der Waals surface area contributed by atoms with E-state index in [1.165, 1.54) is 29.1 Å². The molecule has 1 aromatic heterocycles. The van der Waals surface area contributed by atoms with E-state index in [1.54, 1.807) is 0 Å². The van der Waals surface area contributed by atoms with Crippen LogP contribution in [-0.4, -0.2) is 14.5 Å². The minimum absolute atomic E-state index is 0. The topological polar surface area (TPSA) is 78.0 Å². The Morgan fingerprint density at radius 1 is 1.00 bits per heavy atom. The first-order chi connectivity index (χ1) is 12.1. The van der Waals surface area contributed by atoms with Gasteiger partial charge in [-0.2, -0.15) is 0 Å². The van der Waals surface area contributed by atoms with E-state index in [9.17, 15) is 14.9 Å². The van der Waals surface area contributed by atoms with Crippen LogP contribution in [-0.2, 0) is 23.6 Å². The Bertz CT molecular complexity index is 789. The average molecular weight is 389 g/mol. The third-order valence-corrected chi connectivity index (χ3v) is 3.66. The molecule has 0 unspecified atom stereocenters. The van der Waals surface area contributed by atoms with Crippen molar-refractivity contribution in [1.29, 1.82) is 0 Å². The third kappa shape index (κ3) is 5.15. The second kappa shape index (κ2) is 9.83. The van der Waals surface area contributed by atoms with Crippen molar-refractivity contribution in [2.75, 3.05) is 0 Å². The summed E-state index contributed by atoms with van der Waals surface area (Å²) in [6, 6.07) is 4.08. The molecule has 0 N–H and O–H groups in total. The van der Waals surface area contributed by atoms with E-state index < -0.39 is 4.92 Å². The molecule has 6 nitrogen and oxygen atoms in total. The van der Waals surface area contributed by atoms with Crippen LogP contribution >= 0.6 is 0 Å². The zero-order valence-electron chi connectivity index (χ0n) is 13.6. The van der Waals surface area contributed by atoms with Crippen molar-refractivity contribution in [3.05, 3.63) is 109 Å². The van der Waals surface area contributed by atoms with Crippen LogP contribution in [0.3, 0.4) is 0 Å². The summed E-state index contributed by atoms with van der Waals surface area (Å²) < 4.78 is 1.49. The molecule has 0 amide bonds. The SMILES string of the molecule is O=c1c2ccc([N+](=O)[O-])cc2ncn1C[C]1[CH][CH][CH][CH]1.[CH]1[CH][CH][CH][CH]1.[Fe+2]. The molecule has 26 heavy (non-hydrogen) atoms. The number of aromatic nitrogens is 2. The Hall–Kier alpha value is -1.72. The molecule has 2 aromatic rings. The molecule has 0 atom stereocenters. The molecule has 0 aliphatic heterocycles. The van der Waals surface area contributed by atoms with Crippen LogP contribution in [0.5, 0.6) is 0 Å². The van der Waals surface area contributed by atoms with Crippen molar-refractivity contribution in [3.8, 4) is 0 Å². The second-order valence-electron chi connectivity index (χ2n) is 5.39. The van der Waals surface area contributed by atoms with E-state index in [-0.39, 0.29) is 28.3 Å². The van der Waals surface area contributed by atoms with Crippen molar-refractivity contribution in [2.24, 2.45) is 0 Å².